The molecule has 1 aliphatic carbocycles. The maximum atomic E-state index is 13.7. The van der Waals surface area contributed by atoms with Crippen LogP contribution in [-0.4, -0.2) is 47.9 Å². The molecule has 2 fully saturated rings. The number of rotatable bonds is 7. The van der Waals surface area contributed by atoms with Gasteiger partial charge in [0.2, 0.25) is 11.8 Å². The van der Waals surface area contributed by atoms with E-state index in [1.807, 2.05) is 42.2 Å². The average Bonchev–Trinajstić information content (AvgIpc) is 3.56. The normalized spacial score (nSPS) is 24.5. The van der Waals surface area contributed by atoms with Gasteiger partial charge >= 0.3 is 12.4 Å². The number of fused-ring (bicyclic) bond motifs is 1. The number of ether oxygens (including phenoxy) is 1. The molecule has 0 radical (unpaired) electrons. The zero-order valence-electron chi connectivity index (χ0n) is 23.5. The molecular weight excluding hydrogens is 562 g/mol. The van der Waals surface area contributed by atoms with Crippen molar-refractivity contribution in [3.05, 3.63) is 82.1 Å². The van der Waals surface area contributed by atoms with E-state index < -0.39 is 34.9 Å². The van der Waals surface area contributed by atoms with Crippen LogP contribution in [0.2, 0.25) is 0 Å². The highest BCUT2D eigenvalue weighted by Gasteiger charge is 2.64. The van der Waals surface area contributed by atoms with E-state index in [4.69, 9.17) is 4.74 Å². The maximum Gasteiger partial charge on any atom is 0.416 e. The largest absolute Gasteiger partial charge is 0.500 e. The summed E-state index contributed by atoms with van der Waals surface area (Å²) in [5, 5.41) is 0. The van der Waals surface area contributed by atoms with E-state index in [9.17, 15) is 35.9 Å². The first kappa shape index (κ1) is 30.0. The van der Waals surface area contributed by atoms with E-state index in [1.165, 1.54) is 7.11 Å². The van der Waals surface area contributed by atoms with E-state index >= 15 is 0 Å². The minimum absolute atomic E-state index is 0.0250. The van der Waals surface area contributed by atoms with Crippen LogP contribution in [0.5, 0.6) is 0 Å². The Labute approximate surface area is 240 Å². The van der Waals surface area contributed by atoms with E-state index in [0.717, 1.165) is 23.3 Å². The van der Waals surface area contributed by atoms with Gasteiger partial charge in [0, 0.05) is 19.5 Å². The summed E-state index contributed by atoms with van der Waals surface area (Å²) in [5.41, 5.74) is -1.62. The zero-order chi connectivity index (χ0) is 30.6. The smallest absolute Gasteiger partial charge is 0.416 e. The number of hydrogen-bond donors (Lipinski definition) is 0. The zero-order valence-corrected chi connectivity index (χ0v) is 23.5. The van der Waals surface area contributed by atoms with Gasteiger partial charge in [-0.2, -0.15) is 26.3 Å². The van der Waals surface area contributed by atoms with Gasteiger partial charge in [0.05, 0.1) is 30.3 Å². The Bertz CT molecular complexity index is 1390. The molecule has 3 aliphatic rings. The van der Waals surface area contributed by atoms with Crippen LogP contribution >= 0.6 is 0 Å². The van der Waals surface area contributed by atoms with Crippen molar-refractivity contribution in [2.24, 2.45) is 11.3 Å². The Hall–Kier alpha value is -3.50. The molecule has 2 heterocycles. The van der Waals surface area contributed by atoms with Gasteiger partial charge < -0.3 is 14.5 Å². The number of alkyl halides is 6. The van der Waals surface area contributed by atoms with Crippen LogP contribution in [0.3, 0.4) is 0 Å². The second-order valence-corrected chi connectivity index (χ2v) is 11.6. The summed E-state index contributed by atoms with van der Waals surface area (Å²) in [4.78, 5) is 30.6. The first-order chi connectivity index (χ1) is 19.7. The number of nitrogens with zero attached hydrogens (tertiary/aromatic N) is 2. The molecule has 0 N–H and O–H groups in total. The van der Waals surface area contributed by atoms with Gasteiger partial charge in [0.1, 0.15) is 11.2 Å². The van der Waals surface area contributed by atoms with Gasteiger partial charge in [-0.25, -0.2) is 0 Å². The number of carbonyl (C=O) groups is 2. The molecule has 2 aliphatic heterocycles. The van der Waals surface area contributed by atoms with E-state index in [2.05, 4.69) is 0 Å². The molecule has 2 aromatic carbocycles. The molecule has 226 valence electrons. The van der Waals surface area contributed by atoms with Crippen LogP contribution in [0, 0.1) is 18.3 Å². The van der Waals surface area contributed by atoms with Gasteiger partial charge in [-0.05, 0) is 73.1 Å². The lowest BCUT2D eigenvalue weighted by Gasteiger charge is -2.45. The summed E-state index contributed by atoms with van der Waals surface area (Å²) in [6, 6.07) is 8.64. The lowest BCUT2D eigenvalue weighted by Crippen LogP contribution is -2.55. The average molecular weight is 595 g/mol. The lowest BCUT2D eigenvalue weighted by atomic mass is 9.87. The standard InChI is InChI=1S/C31H32F6N2O3/c1-18(12-20-13-21(30(32,33)34)15-22(14-20)31(35,36)37)8-9-26(40)39-11-10-38-24(16-29(28(38)41)17-25(29)42-3)27(39)23-7-5-4-6-19(23)2/h4-7,13-15,17-18,24,27H,8-12,16H2,1-3H3. The quantitative estimate of drug-likeness (QED) is 0.335. The van der Waals surface area contributed by atoms with Crippen LogP contribution in [0.4, 0.5) is 26.3 Å². The van der Waals surface area contributed by atoms with Gasteiger partial charge in [0.15, 0.2) is 0 Å². The van der Waals surface area contributed by atoms with Crippen LogP contribution in [0.15, 0.2) is 54.3 Å². The Morgan fingerprint density at radius 2 is 1.69 bits per heavy atom. The number of hydrogen-bond acceptors (Lipinski definition) is 3. The molecule has 5 nitrogen and oxygen atoms in total. The van der Waals surface area contributed by atoms with Gasteiger partial charge in [-0.1, -0.05) is 31.2 Å². The van der Waals surface area contributed by atoms with E-state index in [-0.39, 0.29) is 54.7 Å². The number of methoxy groups -OCH3 is 1. The minimum atomic E-state index is -4.91. The molecule has 11 heteroatoms. The lowest BCUT2D eigenvalue weighted by molar-refractivity contribution is -0.144. The number of benzene rings is 2. The summed E-state index contributed by atoms with van der Waals surface area (Å²) in [5.74, 6) is 0.0928. The number of aryl methyl sites for hydroxylation is 1. The maximum absolute atomic E-state index is 13.7. The van der Waals surface area contributed by atoms with Gasteiger partial charge in [-0.15, -0.1) is 0 Å². The first-order valence-electron chi connectivity index (χ1n) is 13.9. The molecule has 0 aromatic heterocycles. The Morgan fingerprint density at radius 3 is 2.26 bits per heavy atom. The third-order valence-corrected chi connectivity index (χ3v) is 8.72. The third-order valence-electron chi connectivity index (χ3n) is 8.72. The number of amides is 2. The molecule has 0 saturated carbocycles. The molecule has 4 atom stereocenters. The number of halogens is 6. The fourth-order valence-corrected chi connectivity index (χ4v) is 6.53. The molecule has 2 amide bonds. The molecule has 4 unspecified atom stereocenters. The van der Waals surface area contributed by atoms with Crippen LogP contribution in [0.25, 0.3) is 0 Å². The number of piperazine rings is 1. The second-order valence-electron chi connectivity index (χ2n) is 11.6. The molecule has 0 bridgehead atoms. The summed E-state index contributed by atoms with van der Waals surface area (Å²) < 4.78 is 85.2. The Kier molecular flexibility index (Phi) is 7.60. The topological polar surface area (TPSA) is 49.9 Å². The van der Waals surface area contributed by atoms with E-state index in [0.29, 0.717) is 25.3 Å². The fraction of sp³-hybridized carbons (Fsp3) is 0.484. The Morgan fingerprint density at radius 1 is 1.05 bits per heavy atom. The van der Waals surface area contributed by atoms with Crippen molar-refractivity contribution in [2.75, 3.05) is 20.2 Å². The van der Waals surface area contributed by atoms with E-state index in [1.54, 1.807) is 11.8 Å². The molecule has 42 heavy (non-hydrogen) atoms. The van der Waals surface area contributed by atoms with Crippen molar-refractivity contribution in [2.45, 2.75) is 64.0 Å². The summed E-state index contributed by atoms with van der Waals surface area (Å²) in [7, 11) is 1.53. The van der Waals surface area contributed by atoms with Crippen molar-refractivity contribution < 1.29 is 40.7 Å². The molecule has 2 aromatic rings. The van der Waals surface area contributed by atoms with Crippen LogP contribution in [0.1, 0.15) is 60.0 Å². The van der Waals surface area contributed by atoms with Crippen LogP contribution < -0.4 is 0 Å². The molecule has 2 saturated heterocycles. The van der Waals surface area contributed by atoms with Gasteiger partial charge in [0.25, 0.3) is 0 Å². The fourth-order valence-electron chi connectivity index (χ4n) is 6.53. The van der Waals surface area contributed by atoms with Crippen molar-refractivity contribution in [1.82, 2.24) is 9.80 Å². The second kappa shape index (κ2) is 10.6. The predicted molar refractivity (Wildman–Crippen MR) is 142 cm³/mol. The molecule has 5 rings (SSSR count). The SMILES string of the molecule is COC1=CC12CC1C(c3ccccc3C)N(C(=O)CCC(C)Cc3cc(C(F)(F)F)cc(C(F)(F)F)c3)CCN1C2=O. The highest BCUT2D eigenvalue weighted by atomic mass is 19.4. The highest BCUT2D eigenvalue weighted by Crippen LogP contribution is 2.57. The van der Waals surface area contributed by atoms with Crippen LogP contribution in [-0.2, 0) is 33.1 Å². The monoisotopic (exact) mass is 594 g/mol. The highest BCUT2D eigenvalue weighted by molar-refractivity contribution is 5.95. The van der Waals surface area contributed by atoms with Crippen molar-refractivity contribution >= 4 is 11.8 Å². The third kappa shape index (κ3) is 5.49. The Balaban J connectivity index is 1.32. The summed E-state index contributed by atoms with van der Waals surface area (Å²) in [6.45, 7) is 4.34. The predicted octanol–water partition coefficient (Wildman–Crippen LogP) is 6.71. The van der Waals surface area contributed by atoms with Crippen molar-refractivity contribution in [3.8, 4) is 0 Å². The molecular formula is C31H32F6N2O3. The van der Waals surface area contributed by atoms with Crippen molar-refractivity contribution in [1.29, 1.82) is 0 Å². The van der Waals surface area contributed by atoms with Gasteiger partial charge in [-0.3, -0.25) is 9.59 Å². The number of carbonyl (C=O) groups excluding carboxylic acids is 2. The minimum Gasteiger partial charge on any atom is -0.500 e. The summed E-state index contributed by atoms with van der Waals surface area (Å²) in [6.07, 6.45) is -7.20. The van der Waals surface area contributed by atoms with Crippen molar-refractivity contribution in [3.63, 3.8) is 0 Å². The molecule has 1 spiro atoms. The summed E-state index contributed by atoms with van der Waals surface area (Å²) >= 11 is 0. The first-order valence-corrected chi connectivity index (χ1v) is 13.9.